The van der Waals surface area contributed by atoms with E-state index in [2.05, 4.69) is 20.9 Å². The van der Waals surface area contributed by atoms with Gasteiger partial charge in [-0.05, 0) is 36.4 Å². The molecular weight excluding hydrogens is 428 g/mol. The first-order valence-corrected chi connectivity index (χ1v) is 9.23. The van der Waals surface area contributed by atoms with Crippen molar-refractivity contribution in [2.75, 3.05) is 25.6 Å². The Kier molecular flexibility index (Phi) is 7.74. The van der Waals surface area contributed by atoms with Gasteiger partial charge in [0.1, 0.15) is 19.0 Å². The van der Waals surface area contributed by atoms with Crippen molar-refractivity contribution in [3.63, 3.8) is 0 Å². The number of fused-ring (bicyclic) bond motifs is 1. The molecule has 0 bridgehead atoms. The molecule has 0 unspecified atom stereocenters. The molecule has 2 aromatic carbocycles. The predicted molar refractivity (Wildman–Crippen MR) is 101 cm³/mol. The first kappa shape index (κ1) is 19.8. The summed E-state index contributed by atoms with van der Waals surface area (Å²) in [5, 5.41) is 0.492. The molecule has 25 heavy (non-hydrogen) atoms. The minimum absolute atomic E-state index is 0. The molecule has 1 aliphatic heterocycles. The number of nitrogens with zero attached hydrogens (tertiary/aromatic N) is 1. The second kappa shape index (κ2) is 9.79. The van der Waals surface area contributed by atoms with Crippen LogP contribution in [0.1, 0.15) is 0 Å². The van der Waals surface area contributed by atoms with E-state index in [9.17, 15) is 0 Å². The lowest BCUT2D eigenvalue weighted by molar-refractivity contribution is -0.00000584. The molecule has 0 atom stereocenters. The summed E-state index contributed by atoms with van der Waals surface area (Å²) in [7, 11) is 0. The molecule has 5 nitrogen and oxygen atoms in total. The first-order valence-electron chi connectivity index (χ1n) is 7.46. The van der Waals surface area contributed by atoms with Crippen molar-refractivity contribution >= 4 is 38.5 Å². The third-order valence-electron chi connectivity index (χ3n) is 3.18. The van der Waals surface area contributed by atoms with Gasteiger partial charge in [0.2, 0.25) is 0 Å². The Labute approximate surface area is 165 Å². The Morgan fingerprint density at radius 2 is 1.84 bits per heavy atom. The number of thioether (sulfide) groups is 1. The third-order valence-corrected chi connectivity index (χ3v) is 4.47. The van der Waals surface area contributed by atoms with Crippen LogP contribution < -0.4 is 32.4 Å². The van der Waals surface area contributed by atoms with Crippen molar-refractivity contribution in [2.24, 2.45) is 10.7 Å². The summed E-state index contributed by atoms with van der Waals surface area (Å²) >= 11 is 4.84. The third kappa shape index (κ3) is 6.02. The molecule has 1 aliphatic rings. The molecule has 2 aromatic rings. The molecule has 2 N–H and O–H groups in total. The Balaban J connectivity index is 0.00000225. The Morgan fingerprint density at radius 3 is 2.60 bits per heavy atom. The summed E-state index contributed by atoms with van der Waals surface area (Å²) in [6.45, 7) is 1.69. The van der Waals surface area contributed by atoms with E-state index in [1.807, 2.05) is 42.5 Å². The molecule has 0 aromatic heterocycles. The second-order valence-corrected chi connectivity index (χ2v) is 6.96. The number of hydrogen-bond donors (Lipinski definition) is 1. The van der Waals surface area contributed by atoms with Crippen LogP contribution in [0.15, 0.2) is 51.9 Å². The number of amidine groups is 1. The minimum atomic E-state index is 0. The van der Waals surface area contributed by atoms with Crippen LogP contribution >= 0.6 is 27.7 Å². The number of rotatable bonds is 5. The van der Waals surface area contributed by atoms with Gasteiger partial charge in [0.25, 0.3) is 0 Å². The quantitative estimate of drug-likeness (QED) is 0.423. The van der Waals surface area contributed by atoms with E-state index in [0.717, 1.165) is 27.4 Å². The van der Waals surface area contributed by atoms with Gasteiger partial charge < -0.3 is 32.4 Å². The second-order valence-electron chi connectivity index (χ2n) is 4.93. The summed E-state index contributed by atoms with van der Waals surface area (Å²) < 4.78 is 17.7. The zero-order chi connectivity index (χ0) is 16.8. The monoisotopic (exact) mass is 443 g/mol. The van der Waals surface area contributed by atoms with Crippen molar-refractivity contribution in [1.29, 1.82) is 0 Å². The highest BCUT2D eigenvalue weighted by molar-refractivity contribution is 9.10. The van der Waals surface area contributed by atoms with Crippen LogP contribution in [0.3, 0.4) is 0 Å². The lowest BCUT2D eigenvalue weighted by atomic mass is 10.2. The minimum Gasteiger partial charge on any atom is -1.00 e. The first-order chi connectivity index (χ1) is 11.7. The number of halogens is 2. The van der Waals surface area contributed by atoms with Gasteiger partial charge in [-0.2, -0.15) is 0 Å². The highest BCUT2D eigenvalue weighted by atomic mass is 79.9. The van der Waals surface area contributed by atoms with Crippen LogP contribution in [0.25, 0.3) is 0 Å². The Hall–Kier alpha value is -1.57. The lowest BCUT2D eigenvalue weighted by Gasteiger charge is -2.18. The fraction of sp³-hybridized carbons (Fsp3) is 0.235. The summed E-state index contributed by atoms with van der Waals surface area (Å²) in [5.41, 5.74) is 6.71. The van der Waals surface area contributed by atoms with Crippen molar-refractivity contribution in [3.05, 3.63) is 46.9 Å². The maximum atomic E-state index is 5.96. The van der Waals surface area contributed by atoms with Gasteiger partial charge in [-0.1, -0.05) is 27.7 Å². The standard InChI is InChI=1S/C17H17BrN2O3S.ClH/c18-12-1-4-14(5-2-12)21-9-10-24-17(19)20-13-3-6-15-16(11-13)23-8-7-22-15;/h1-6,11H,7-10H2,(H2,19,20);1H/p-1. The Morgan fingerprint density at radius 1 is 1.12 bits per heavy atom. The lowest BCUT2D eigenvalue weighted by Crippen LogP contribution is -3.00. The Bertz CT molecular complexity index is 728. The van der Waals surface area contributed by atoms with Gasteiger partial charge in [0.15, 0.2) is 16.7 Å². The fourth-order valence-corrected chi connectivity index (χ4v) is 2.91. The van der Waals surface area contributed by atoms with Gasteiger partial charge >= 0.3 is 0 Å². The molecule has 134 valence electrons. The van der Waals surface area contributed by atoms with Crippen LogP contribution in [0.4, 0.5) is 5.69 Å². The average Bonchev–Trinajstić information content (AvgIpc) is 2.60. The summed E-state index contributed by atoms with van der Waals surface area (Å²) in [6, 6.07) is 13.3. The van der Waals surface area contributed by atoms with Gasteiger partial charge in [0, 0.05) is 16.3 Å². The van der Waals surface area contributed by atoms with E-state index < -0.39 is 0 Å². The zero-order valence-corrected chi connectivity index (χ0v) is 16.4. The summed E-state index contributed by atoms with van der Waals surface area (Å²) in [5.74, 6) is 3.00. The number of ether oxygens (including phenoxy) is 3. The van der Waals surface area contributed by atoms with Crippen LogP contribution in [0, 0.1) is 0 Å². The SMILES string of the molecule is NC(=Nc1ccc2c(c1)OCCO2)SCCOc1ccc(Br)cc1.[Cl-]. The molecular formula is C17H17BrClN2O3S-. The van der Waals surface area contributed by atoms with Crippen LogP contribution in [0.5, 0.6) is 17.2 Å². The molecule has 0 fully saturated rings. The molecule has 0 spiro atoms. The summed E-state index contributed by atoms with van der Waals surface area (Å²) in [4.78, 5) is 4.38. The molecule has 3 rings (SSSR count). The largest absolute Gasteiger partial charge is 1.00 e. The van der Waals surface area contributed by atoms with E-state index in [4.69, 9.17) is 19.9 Å². The highest BCUT2D eigenvalue weighted by Gasteiger charge is 2.11. The number of aliphatic imine (C=N–C) groups is 1. The van der Waals surface area contributed by atoms with E-state index >= 15 is 0 Å². The molecule has 0 aliphatic carbocycles. The zero-order valence-electron chi connectivity index (χ0n) is 13.3. The van der Waals surface area contributed by atoms with Crippen LogP contribution in [0.2, 0.25) is 0 Å². The number of nitrogens with two attached hydrogens (primary N) is 1. The number of benzene rings is 2. The molecule has 0 amide bonds. The van der Waals surface area contributed by atoms with E-state index in [1.165, 1.54) is 11.8 Å². The maximum Gasteiger partial charge on any atom is 0.163 e. The normalized spacial score (nSPS) is 13.1. The van der Waals surface area contributed by atoms with Gasteiger partial charge in [-0.25, -0.2) is 4.99 Å². The fourth-order valence-electron chi connectivity index (χ4n) is 2.10. The molecule has 0 radical (unpaired) electrons. The smallest absolute Gasteiger partial charge is 0.163 e. The molecule has 0 saturated heterocycles. The molecule has 1 heterocycles. The van der Waals surface area contributed by atoms with Crippen LogP contribution in [-0.4, -0.2) is 30.7 Å². The van der Waals surface area contributed by atoms with E-state index in [1.54, 1.807) is 0 Å². The topological polar surface area (TPSA) is 66.1 Å². The van der Waals surface area contributed by atoms with Gasteiger partial charge in [-0.15, -0.1) is 0 Å². The van der Waals surface area contributed by atoms with Crippen LogP contribution in [-0.2, 0) is 0 Å². The number of hydrogen-bond acceptors (Lipinski definition) is 5. The average molecular weight is 445 g/mol. The van der Waals surface area contributed by atoms with E-state index in [-0.39, 0.29) is 12.4 Å². The van der Waals surface area contributed by atoms with Crippen molar-refractivity contribution in [3.8, 4) is 17.2 Å². The molecule has 8 heteroatoms. The van der Waals surface area contributed by atoms with E-state index in [0.29, 0.717) is 30.7 Å². The van der Waals surface area contributed by atoms with Gasteiger partial charge in [0.05, 0.1) is 12.3 Å². The maximum absolute atomic E-state index is 5.96. The highest BCUT2D eigenvalue weighted by Crippen LogP contribution is 2.33. The summed E-state index contributed by atoms with van der Waals surface area (Å²) in [6.07, 6.45) is 0. The predicted octanol–water partition coefficient (Wildman–Crippen LogP) is 0.983. The van der Waals surface area contributed by atoms with Gasteiger partial charge in [-0.3, -0.25) is 0 Å². The van der Waals surface area contributed by atoms with Crippen molar-refractivity contribution < 1.29 is 26.6 Å². The van der Waals surface area contributed by atoms with Crippen molar-refractivity contribution in [1.82, 2.24) is 0 Å². The molecule has 0 saturated carbocycles. The van der Waals surface area contributed by atoms with Crippen molar-refractivity contribution in [2.45, 2.75) is 0 Å².